The highest BCUT2D eigenvalue weighted by molar-refractivity contribution is 9.10. The van der Waals surface area contributed by atoms with Gasteiger partial charge < -0.3 is 14.3 Å². The van der Waals surface area contributed by atoms with Crippen molar-refractivity contribution in [1.29, 1.82) is 0 Å². The highest BCUT2D eigenvalue weighted by Gasteiger charge is 2.58. The molecule has 0 spiro atoms. The second kappa shape index (κ2) is 17.6. The smallest absolute Gasteiger partial charge is 0.416 e. The van der Waals surface area contributed by atoms with Crippen LogP contribution in [0, 0.1) is 17.8 Å². The lowest BCUT2D eigenvalue weighted by Crippen LogP contribution is -2.66. The Bertz CT molecular complexity index is 2310. The fourth-order valence-electron chi connectivity index (χ4n) is 9.65. The number of fused-ring (bicyclic) bond motifs is 3. The van der Waals surface area contributed by atoms with Crippen molar-refractivity contribution in [2.45, 2.75) is 83.3 Å². The van der Waals surface area contributed by atoms with Crippen molar-refractivity contribution in [3.8, 4) is 5.75 Å². The summed E-state index contributed by atoms with van der Waals surface area (Å²) in [6, 6.07) is 26.0. The van der Waals surface area contributed by atoms with Gasteiger partial charge in [0.05, 0.1) is 48.0 Å². The molecule has 6 nitrogen and oxygen atoms in total. The first-order valence-corrected chi connectivity index (χ1v) is 23.4. The van der Waals surface area contributed by atoms with E-state index in [1.54, 1.807) is 12.1 Å². The zero-order valence-electron chi connectivity index (χ0n) is 34.7. The molecule has 2 fully saturated rings. The number of aromatic hydroxyl groups is 1. The van der Waals surface area contributed by atoms with E-state index in [9.17, 15) is 41.0 Å². The Morgan fingerprint density at radius 2 is 1.44 bits per heavy atom. The number of amides is 2. The predicted octanol–water partition coefficient (Wildman–Crippen LogP) is 11.3. The Morgan fingerprint density at radius 1 is 0.839 bits per heavy atom. The number of hydrogen-bond donors (Lipinski definition) is 1. The summed E-state index contributed by atoms with van der Waals surface area (Å²) in [5, 5.41) is 12.2. The molecule has 0 aromatic heterocycles. The molecule has 14 heteroatoms. The monoisotopic (exact) mass is 939 g/mol. The van der Waals surface area contributed by atoms with Gasteiger partial charge in [0, 0.05) is 16.0 Å². The van der Waals surface area contributed by atoms with E-state index in [1.165, 1.54) is 0 Å². The van der Waals surface area contributed by atoms with Gasteiger partial charge in [-0.2, -0.15) is 26.3 Å². The van der Waals surface area contributed by atoms with Gasteiger partial charge in [0.15, 0.2) is 0 Å². The molecule has 328 valence electrons. The first-order chi connectivity index (χ1) is 29.2. The summed E-state index contributed by atoms with van der Waals surface area (Å²) in [7, 11) is -3.17. The second-order valence-corrected chi connectivity index (χ2v) is 22.6. The minimum absolute atomic E-state index is 0.00426. The average Bonchev–Trinajstić information content (AvgIpc) is 3.75. The van der Waals surface area contributed by atoms with Crippen LogP contribution in [0.1, 0.15) is 76.5 Å². The van der Waals surface area contributed by atoms with E-state index >= 15 is 0 Å². The van der Waals surface area contributed by atoms with Gasteiger partial charge in [0.2, 0.25) is 11.8 Å². The van der Waals surface area contributed by atoms with Crippen molar-refractivity contribution >= 4 is 58.2 Å². The normalized spacial score (nSPS) is 21.1. The summed E-state index contributed by atoms with van der Waals surface area (Å²) >= 11 is 3.48. The lowest BCUT2D eigenvalue weighted by molar-refractivity contribution is -0.143. The minimum atomic E-state index is -5.18. The van der Waals surface area contributed by atoms with Crippen molar-refractivity contribution in [3.05, 3.63) is 135 Å². The number of hydrogen-bond acceptors (Lipinski definition) is 5. The number of benzene rings is 4. The van der Waals surface area contributed by atoms with Crippen LogP contribution in [0.5, 0.6) is 5.75 Å². The number of rotatable bonds is 12. The van der Waals surface area contributed by atoms with Crippen LogP contribution >= 0.6 is 15.9 Å². The fraction of sp³-hybridized carbons (Fsp3) is 0.375. The lowest BCUT2D eigenvalue weighted by Gasteiger charge is -2.44. The van der Waals surface area contributed by atoms with Crippen LogP contribution < -0.4 is 15.3 Å². The SMILES string of the molecule is CCC/C(=C\c1cc(Br)ccc1O)CC[C@H]1OC[C@H]2C1=C(CO[Si](c1ccccc1)(c1ccccc1)C(C)(C)C)C[C@H]1C(=O)N(c3cc(C(F)(F)F)cc(C(F)(F)F)c3)C(=O)[C@H]12. The minimum Gasteiger partial charge on any atom is -0.507 e. The van der Waals surface area contributed by atoms with Crippen molar-refractivity contribution in [1.82, 2.24) is 0 Å². The molecule has 1 aliphatic carbocycles. The van der Waals surface area contributed by atoms with Crippen LogP contribution in [0.4, 0.5) is 32.0 Å². The summed E-state index contributed by atoms with van der Waals surface area (Å²) in [5.41, 5.74) is -0.793. The first kappa shape index (κ1) is 45.5. The Morgan fingerprint density at radius 3 is 1.98 bits per heavy atom. The van der Waals surface area contributed by atoms with Gasteiger partial charge in [0.1, 0.15) is 5.75 Å². The number of imide groups is 1. The number of alkyl halides is 6. The number of carbonyl (C=O) groups is 2. The number of halogens is 7. The summed E-state index contributed by atoms with van der Waals surface area (Å²) in [6.45, 7) is 8.51. The van der Waals surface area contributed by atoms with Crippen molar-refractivity contribution < 1.29 is 50.2 Å². The Labute approximate surface area is 366 Å². The van der Waals surface area contributed by atoms with Gasteiger partial charge in [0.25, 0.3) is 8.32 Å². The van der Waals surface area contributed by atoms with E-state index in [1.807, 2.05) is 48.5 Å². The Kier molecular flexibility index (Phi) is 12.9. The molecule has 2 saturated heterocycles. The van der Waals surface area contributed by atoms with E-state index in [4.69, 9.17) is 9.16 Å². The van der Waals surface area contributed by atoms with E-state index in [-0.39, 0.29) is 31.5 Å². The van der Waals surface area contributed by atoms with E-state index in [0.717, 1.165) is 44.4 Å². The van der Waals surface area contributed by atoms with E-state index in [0.29, 0.717) is 35.4 Å². The van der Waals surface area contributed by atoms with Gasteiger partial charge in [-0.15, -0.1) is 0 Å². The molecule has 2 amide bonds. The summed E-state index contributed by atoms with van der Waals surface area (Å²) in [5.74, 6) is -4.43. The molecule has 2 aliphatic heterocycles. The van der Waals surface area contributed by atoms with Gasteiger partial charge in [-0.1, -0.05) is 122 Å². The van der Waals surface area contributed by atoms with Gasteiger partial charge in [-0.05, 0) is 88.6 Å². The molecular formula is C48H48BrF6NO5Si. The van der Waals surface area contributed by atoms with Crippen LogP contribution in [-0.4, -0.2) is 44.6 Å². The molecule has 1 N–H and O–H groups in total. The molecule has 0 saturated carbocycles. The van der Waals surface area contributed by atoms with E-state index in [2.05, 4.69) is 67.9 Å². The van der Waals surface area contributed by atoms with Crippen molar-refractivity contribution in [3.63, 3.8) is 0 Å². The molecule has 2 heterocycles. The maximum Gasteiger partial charge on any atom is 0.416 e. The molecular weight excluding hydrogens is 893 g/mol. The summed E-state index contributed by atoms with van der Waals surface area (Å²) < 4.78 is 98.8. The molecule has 7 rings (SSSR count). The second-order valence-electron chi connectivity index (χ2n) is 17.3. The standard InChI is InChI=1S/C48H48BrF6NO5Si/c1-5-12-29(21-30-22-34(49)18-19-40(30)57)17-20-41-42-31(27-61-62(46(2,3)4,36-13-8-6-9-14-36)37-15-10-7-11-16-37)23-38-43(39(42)28-60-41)45(59)56(44(38)58)35-25-32(47(50,51)52)24-33(26-35)48(53,54)55/h6-11,13-16,18-19,21-22,24-26,38-39,41,43,57H,5,12,17,20,23,27-28H2,1-4H3/b29-21+/t38-,39+,41-,43-/m1/s1. The number of carbonyl (C=O) groups excluding carboxylic acids is 2. The molecule has 3 aliphatic rings. The molecule has 0 bridgehead atoms. The number of anilines is 1. The number of phenols is 1. The molecule has 0 radical (unpaired) electrons. The Balaban J connectivity index is 1.31. The third-order valence-electron chi connectivity index (χ3n) is 12.4. The van der Waals surface area contributed by atoms with Crippen LogP contribution in [0.15, 0.2) is 118 Å². The molecule has 0 unspecified atom stereocenters. The topological polar surface area (TPSA) is 76.1 Å². The van der Waals surface area contributed by atoms with Crippen LogP contribution in [0.25, 0.3) is 6.08 Å². The van der Waals surface area contributed by atoms with Crippen molar-refractivity contribution in [2.75, 3.05) is 18.1 Å². The fourth-order valence-corrected chi connectivity index (χ4v) is 14.6. The number of ether oxygens (including phenoxy) is 1. The number of allylic oxidation sites excluding steroid dienone is 1. The Hall–Kier alpha value is -4.50. The highest BCUT2D eigenvalue weighted by Crippen LogP contribution is 2.52. The van der Waals surface area contributed by atoms with Crippen LogP contribution in [0.3, 0.4) is 0 Å². The molecule has 4 atom stereocenters. The highest BCUT2D eigenvalue weighted by atomic mass is 79.9. The quantitative estimate of drug-likeness (QED) is 0.0663. The molecule has 4 aromatic rings. The number of nitrogens with zero attached hydrogens (tertiary/aromatic N) is 1. The first-order valence-electron chi connectivity index (χ1n) is 20.7. The summed E-state index contributed by atoms with van der Waals surface area (Å²) in [6.07, 6.45) is -6.34. The van der Waals surface area contributed by atoms with E-state index < -0.39 is 78.2 Å². The largest absolute Gasteiger partial charge is 0.507 e. The zero-order chi connectivity index (χ0) is 44.8. The third kappa shape index (κ3) is 8.85. The molecule has 4 aromatic carbocycles. The lowest BCUT2D eigenvalue weighted by atomic mass is 9.69. The zero-order valence-corrected chi connectivity index (χ0v) is 37.3. The third-order valence-corrected chi connectivity index (χ3v) is 17.8. The predicted molar refractivity (Wildman–Crippen MR) is 232 cm³/mol. The van der Waals surface area contributed by atoms with Gasteiger partial charge in [-0.3, -0.25) is 9.59 Å². The van der Waals surface area contributed by atoms with Crippen LogP contribution in [0.2, 0.25) is 5.04 Å². The van der Waals surface area contributed by atoms with Crippen molar-refractivity contribution in [2.24, 2.45) is 17.8 Å². The average molecular weight is 941 g/mol. The maximum absolute atomic E-state index is 14.5. The molecule has 62 heavy (non-hydrogen) atoms. The number of phenolic OH excluding ortho intramolecular Hbond substituents is 1. The maximum atomic E-state index is 14.5. The van der Waals surface area contributed by atoms with Crippen LogP contribution in [-0.2, 0) is 31.1 Å². The summed E-state index contributed by atoms with van der Waals surface area (Å²) in [4.78, 5) is 29.4. The van der Waals surface area contributed by atoms with Gasteiger partial charge in [-0.25, -0.2) is 4.90 Å². The van der Waals surface area contributed by atoms with Gasteiger partial charge >= 0.3 is 12.4 Å².